The van der Waals surface area contributed by atoms with Crippen LogP contribution in [0.2, 0.25) is 0 Å². The SMILES string of the molecule is CCNC(=O)CN(CC)C(=O)CCc1cnn(C)c1. The van der Waals surface area contributed by atoms with Gasteiger partial charge in [-0.15, -0.1) is 0 Å². The summed E-state index contributed by atoms with van der Waals surface area (Å²) >= 11 is 0. The zero-order valence-electron chi connectivity index (χ0n) is 11.8. The molecule has 1 heterocycles. The van der Waals surface area contributed by atoms with Crippen molar-refractivity contribution in [2.45, 2.75) is 26.7 Å². The highest BCUT2D eigenvalue weighted by Gasteiger charge is 2.15. The zero-order chi connectivity index (χ0) is 14.3. The predicted molar refractivity (Wildman–Crippen MR) is 72.5 cm³/mol. The number of carbonyl (C=O) groups is 2. The average Bonchev–Trinajstić information content (AvgIpc) is 2.79. The highest BCUT2D eigenvalue weighted by atomic mass is 16.2. The number of hydrogen-bond acceptors (Lipinski definition) is 3. The molecule has 1 aromatic rings. The van der Waals surface area contributed by atoms with Gasteiger partial charge in [-0.1, -0.05) is 0 Å². The predicted octanol–water partition coefficient (Wildman–Crippen LogP) is 0.337. The molecule has 1 N–H and O–H groups in total. The zero-order valence-corrected chi connectivity index (χ0v) is 11.8. The second-order valence-electron chi connectivity index (χ2n) is 4.38. The lowest BCUT2D eigenvalue weighted by molar-refractivity contribution is -0.135. The summed E-state index contributed by atoms with van der Waals surface area (Å²) in [5.74, 6) is -0.114. The Labute approximate surface area is 113 Å². The molecule has 0 aliphatic heterocycles. The molecule has 2 amide bonds. The Hall–Kier alpha value is -1.85. The van der Waals surface area contributed by atoms with E-state index in [4.69, 9.17) is 0 Å². The standard InChI is InChI=1S/C13H22N4O2/c1-4-14-12(18)10-17(5-2)13(19)7-6-11-8-15-16(3)9-11/h8-9H,4-7,10H2,1-3H3,(H,14,18). The largest absolute Gasteiger partial charge is 0.355 e. The minimum atomic E-state index is -0.112. The van der Waals surface area contributed by atoms with E-state index in [-0.39, 0.29) is 18.4 Å². The number of nitrogens with one attached hydrogen (secondary N) is 1. The van der Waals surface area contributed by atoms with Crippen LogP contribution in [0, 0.1) is 0 Å². The molecule has 0 bridgehead atoms. The van der Waals surface area contributed by atoms with E-state index in [9.17, 15) is 9.59 Å². The van der Waals surface area contributed by atoms with Crippen molar-refractivity contribution in [1.82, 2.24) is 20.0 Å². The molecule has 0 saturated heterocycles. The maximum Gasteiger partial charge on any atom is 0.239 e. The number of rotatable bonds is 7. The van der Waals surface area contributed by atoms with E-state index in [0.717, 1.165) is 5.56 Å². The summed E-state index contributed by atoms with van der Waals surface area (Å²) in [6.45, 7) is 5.00. The molecule has 0 radical (unpaired) electrons. The van der Waals surface area contributed by atoms with Crippen molar-refractivity contribution in [1.29, 1.82) is 0 Å². The van der Waals surface area contributed by atoms with E-state index >= 15 is 0 Å². The summed E-state index contributed by atoms with van der Waals surface area (Å²) in [6, 6.07) is 0. The van der Waals surface area contributed by atoms with Crippen molar-refractivity contribution in [3.05, 3.63) is 18.0 Å². The minimum absolute atomic E-state index is 0.00222. The number of hydrogen-bond donors (Lipinski definition) is 1. The topological polar surface area (TPSA) is 67.2 Å². The fourth-order valence-electron chi connectivity index (χ4n) is 1.81. The van der Waals surface area contributed by atoms with Gasteiger partial charge >= 0.3 is 0 Å². The summed E-state index contributed by atoms with van der Waals surface area (Å²) in [5.41, 5.74) is 1.03. The van der Waals surface area contributed by atoms with Crippen molar-refractivity contribution in [3.8, 4) is 0 Å². The Morgan fingerprint density at radius 2 is 2.16 bits per heavy atom. The number of amides is 2. The fraction of sp³-hybridized carbons (Fsp3) is 0.615. The lowest BCUT2D eigenvalue weighted by Crippen LogP contribution is -2.40. The third-order valence-electron chi connectivity index (χ3n) is 2.83. The molecule has 1 rings (SSSR count). The summed E-state index contributed by atoms with van der Waals surface area (Å²) < 4.78 is 1.71. The van der Waals surface area contributed by atoms with Crippen LogP contribution in [0.4, 0.5) is 0 Å². The molecule has 0 unspecified atom stereocenters. The fourth-order valence-corrected chi connectivity index (χ4v) is 1.81. The number of nitrogens with zero attached hydrogens (tertiary/aromatic N) is 3. The first kappa shape index (κ1) is 15.2. The third kappa shape index (κ3) is 5.11. The summed E-state index contributed by atoms with van der Waals surface area (Å²) in [7, 11) is 1.85. The van der Waals surface area contributed by atoms with Crippen LogP contribution in [0.15, 0.2) is 12.4 Å². The van der Waals surface area contributed by atoms with E-state index < -0.39 is 0 Å². The molecule has 0 saturated carbocycles. The van der Waals surface area contributed by atoms with Gasteiger partial charge in [-0.3, -0.25) is 14.3 Å². The molecule has 0 spiro atoms. The number of likely N-dealkylation sites (N-methyl/N-ethyl adjacent to an activating group) is 2. The van der Waals surface area contributed by atoms with Crippen LogP contribution >= 0.6 is 0 Å². The second kappa shape index (κ2) is 7.56. The first-order valence-corrected chi connectivity index (χ1v) is 6.58. The minimum Gasteiger partial charge on any atom is -0.355 e. The summed E-state index contributed by atoms with van der Waals surface area (Å²) in [6.07, 6.45) is 4.71. The molecule has 0 fully saturated rings. The molecule has 0 aliphatic rings. The molecular formula is C13H22N4O2. The quantitative estimate of drug-likeness (QED) is 0.773. The van der Waals surface area contributed by atoms with Crippen molar-refractivity contribution >= 4 is 11.8 Å². The van der Waals surface area contributed by atoms with Gasteiger partial charge < -0.3 is 10.2 Å². The lowest BCUT2D eigenvalue weighted by Gasteiger charge is -2.20. The van der Waals surface area contributed by atoms with Gasteiger partial charge in [0.1, 0.15) is 0 Å². The Bertz CT molecular complexity index is 428. The van der Waals surface area contributed by atoms with Gasteiger partial charge in [0.15, 0.2) is 0 Å². The molecule has 0 atom stereocenters. The maximum absolute atomic E-state index is 12.0. The monoisotopic (exact) mass is 266 g/mol. The Balaban J connectivity index is 2.43. The van der Waals surface area contributed by atoms with Crippen molar-refractivity contribution in [2.24, 2.45) is 7.05 Å². The van der Waals surface area contributed by atoms with Gasteiger partial charge in [0, 0.05) is 32.8 Å². The highest BCUT2D eigenvalue weighted by molar-refractivity contribution is 5.84. The van der Waals surface area contributed by atoms with Crippen LogP contribution in [-0.4, -0.2) is 46.1 Å². The van der Waals surface area contributed by atoms with E-state index in [1.807, 2.05) is 27.1 Å². The number of aromatic nitrogens is 2. The third-order valence-corrected chi connectivity index (χ3v) is 2.83. The molecule has 1 aromatic heterocycles. The molecule has 6 nitrogen and oxygen atoms in total. The van der Waals surface area contributed by atoms with Crippen LogP contribution in [0.25, 0.3) is 0 Å². The molecule has 0 aliphatic carbocycles. The van der Waals surface area contributed by atoms with Crippen molar-refractivity contribution in [2.75, 3.05) is 19.6 Å². The first-order valence-electron chi connectivity index (χ1n) is 6.58. The van der Waals surface area contributed by atoms with Gasteiger partial charge in [-0.2, -0.15) is 5.10 Å². The second-order valence-corrected chi connectivity index (χ2v) is 4.38. The van der Waals surface area contributed by atoms with Crippen LogP contribution in [-0.2, 0) is 23.1 Å². The lowest BCUT2D eigenvalue weighted by atomic mass is 10.2. The summed E-state index contributed by atoms with van der Waals surface area (Å²) in [5, 5.41) is 6.76. The Morgan fingerprint density at radius 1 is 1.42 bits per heavy atom. The maximum atomic E-state index is 12.0. The number of carbonyl (C=O) groups excluding carboxylic acids is 2. The van der Waals surface area contributed by atoms with E-state index in [0.29, 0.717) is 25.9 Å². The van der Waals surface area contributed by atoms with Gasteiger partial charge in [0.2, 0.25) is 11.8 Å². The van der Waals surface area contributed by atoms with E-state index in [1.54, 1.807) is 15.8 Å². The van der Waals surface area contributed by atoms with E-state index in [2.05, 4.69) is 10.4 Å². The molecule has 106 valence electrons. The molecule has 0 aromatic carbocycles. The smallest absolute Gasteiger partial charge is 0.239 e. The Kier molecular flexibility index (Phi) is 6.05. The van der Waals surface area contributed by atoms with Crippen molar-refractivity contribution < 1.29 is 9.59 Å². The first-order chi connectivity index (χ1) is 9.06. The van der Waals surface area contributed by atoms with Crippen LogP contribution in [0.5, 0.6) is 0 Å². The van der Waals surface area contributed by atoms with Gasteiger partial charge in [-0.05, 0) is 25.8 Å². The van der Waals surface area contributed by atoms with Crippen LogP contribution < -0.4 is 5.32 Å². The molecule has 19 heavy (non-hydrogen) atoms. The Morgan fingerprint density at radius 3 is 2.68 bits per heavy atom. The normalized spacial score (nSPS) is 10.3. The van der Waals surface area contributed by atoms with Gasteiger partial charge in [-0.25, -0.2) is 0 Å². The van der Waals surface area contributed by atoms with Crippen LogP contribution in [0.1, 0.15) is 25.8 Å². The highest BCUT2D eigenvalue weighted by Crippen LogP contribution is 2.03. The summed E-state index contributed by atoms with van der Waals surface area (Å²) in [4.78, 5) is 25.1. The van der Waals surface area contributed by atoms with Crippen molar-refractivity contribution in [3.63, 3.8) is 0 Å². The van der Waals surface area contributed by atoms with Gasteiger partial charge in [0.25, 0.3) is 0 Å². The average molecular weight is 266 g/mol. The van der Waals surface area contributed by atoms with Gasteiger partial charge in [0.05, 0.1) is 12.7 Å². The number of aryl methyl sites for hydroxylation is 2. The molecule has 6 heteroatoms. The van der Waals surface area contributed by atoms with Crippen LogP contribution in [0.3, 0.4) is 0 Å². The van der Waals surface area contributed by atoms with E-state index in [1.165, 1.54) is 0 Å². The molecular weight excluding hydrogens is 244 g/mol.